The van der Waals surface area contributed by atoms with Crippen LogP contribution in [0.3, 0.4) is 0 Å². The van der Waals surface area contributed by atoms with Gasteiger partial charge in [-0.05, 0) is 17.2 Å². The summed E-state index contributed by atoms with van der Waals surface area (Å²) >= 11 is 0. The van der Waals surface area contributed by atoms with Crippen molar-refractivity contribution in [1.82, 2.24) is 4.90 Å². The fraction of sp³-hybridized carbons (Fsp3) is 0.267. The summed E-state index contributed by atoms with van der Waals surface area (Å²) in [5, 5.41) is 0. The molecule has 1 saturated heterocycles. The van der Waals surface area contributed by atoms with E-state index in [0.29, 0.717) is 19.4 Å². The molecule has 1 aromatic carbocycles. The first-order valence-electron chi connectivity index (χ1n) is 6.28. The number of carbonyl (C=O) groups excluding carboxylic acids is 3. The number of hydrogen-bond acceptors (Lipinski definition) is 4. The molecule has 0 unspecified atom stereocenters. The van der Waals surface area contributed by atoms with Gasteiger partial charge in [0, 0.05) is 18.9 Å². The van der Waals surface area contributed by atoms with E-state index in [9.17, 15) is 14.4 Å². The van der Waals surface area contributed by atoms with E-state index in [-0.39, 0.29) is 11.8 Å². The van der Waals surface area contributed by atoms with Gasteiger partial charge in [0.2, 0.25) is 11.8 Å². The molecule has 1 aromatic rings. The van der Waals surface area contributed by atoms with Gasteiger partial charge in [-0.15, -0.1) is 0 Å². The van der Waals surface area contributed by atoms with Crippen LogP contribution in [0.15, 0.2) is 30.3 Å². The predicted molar refractivity (Wildman–Crippen MR) is 72.3 cm³/mol. The van der Waals surface area contributed by atoms with Gasteiger partial charge in [0.05, 0.1) is 13.7 Å². The molecule has 0 bridgehead atoms. The Hall–Kier alpha value is -2.43. The first-order chi connectivity index (χ1) is 9.60. The molecule has 0 spiro atoms. The highest BCUT2D eigenvalue weighted by atomic mass is 16.5. The third-order valence-electron chi connectivity index (χ3n) is 3.09. The molecule has 0 radical (unpaired) electrons. The lowest BCUT2D eigenvalue weighted by Gasteiger charge is -2.13. The summed E-state index contributed by atoms with van der Waals surface area (Å²) in [5.74, 6) is -0.656. The Morgan fingerprint density at radius 3 is 2.35 bits per heavy atom. The quantitative estimate of drug-likeness (QED) is 0.474. The van der Waals surface area contributed by atoms with Gasteiger partial charge in [0.1, 0.15) is 0 Å². The van der Waals surface area contributed by atoms with E-state index in [4.69, 9.17) is 0 Å². The number of amides is 2. The highest BCUT2D eigenvalue weighted by Gasteiger charge is 2.28. The van der Waals surface area contributed by atoms with Gasteiger partial charge in [0.25, 0.3) is 0 Å². The molecule has 1 heterocycles. The Labute approximate surface area is 116 Å². The topological polar surface area (TPSA) is 63.7 Å². The maximum Gasteiger partial charge on any atom is 0.330 e. The minimum absolute atomic E-state index is 0.121. The van der Waals surface area contributed by atoms with E-state index in [2.05, 4.69) is 4.74 Å². The third kappa shape index (κ3) is 3.32. The van der Waals surface area contributed by atoms with Gasteiger partial charge in [-0.1, -0.05) is 24.3 Å². The van der Waals surface area contributed by atoms with E-state index < -0.39 is 5.97 Å². The van der Waals surface area contributed by atoms with Gasteiger partial charge in [0.15, 0.2) is 0 Å². The number of carbonyl (C=O) groups is 3. The molecule has 104 valence electrons. The summed E-state index contributed by atoms with van der Waals surface area (Å²) in [6.45, 7) is 0.304. The van der Waals surface area contributed by atoms with E-state index >= 15 is 0 Å². The monoisotopic (exact) mass is 273 g/mol. The van der Waals surface area contributed by atoms with Gasteiger partial charge >= 0.3 is 5.97 Å². The molecular formula is C15H15NO4. The molecule has 1 aliphatic heterocycles. The second-order valence-electron chi connectivity index (χ2n) is 4.47. The first kappa shape index (κ1) is 14.0. The molecule has 0 atom stereocenters. The van der Waals surface area contributed by atoms with Gasteiger partial charge in [-0.25, -0.2) is 4.79 Å². The Morgan fingerprint density at radius 2 is 1.80 bits per heavy atom. The van der Waals surface area contributed by atoms with E-state index in [0.717, 1.165) is 11.1 Å². The average Bonchev–Trinajstić information content (AvgIpc) is 2.78. The van der Waals surface area contributed by atoms with Crippen molar-refractivity contribution in [3.63, 3.8) is 0 Å². The summed E-state index contributed by atoms with van der Waals surface area (Å²) in [5.41, 5.74) is 1.72. The van der Waals surface area contributed by atoms with Gasteiger partial charge in [-0.3, -0.25) is 14.5 Å². The number of ether oxygens (including phenoxy) is 1. The van der Waals surface area contributed by atoms with Crippen LogP contribution in [0.25, 0.3) is 6.08 Å². The SMILES string of the molecule is COC(=O)/C=C/c1ccc(CN2C(=O)CCC2=O)cc1. The van der Waals surface area contributed by atoms with Crippen LogP contribution >= 0.6 is 0 Å². The zero-order valence-corrected chi connectivity index (χ0v) is 11.2. The van der Waals surface area contributed by atoms with Gasteiger partial charge < -0.3 is 4.74 Å². The molecular weight excluding hydrogens is 258 g/mol. The van der Waals surface area contributed by atoms with Crippen molar-refractivity contribution >= 4 is 23.9 Å². The number of nitrogens with zero attached hydrogens (tertiary/aromatic N) is 1. The minimum Gasteiger partial charge on any atom is -0.466 e. The van der Waals surface area contributed by atoms with Crippen molar-refractivity contribution < 1.29 is 19.1 Å². The summed E-state index contributed by atoms with van der Waals surface area (Å²) in [6.07, 6.45) is 3.59. The molecule has 1 aliphatic rings. The smallest absolute Gasteiger partial charge is 0.330 e. The van der Waals surface area contributed by atoms with Crippen molar-refractivity contribution in [2.45, 2.75) is 19.4 Å². The number of hydrogen-bond donors (Lipinski definition) is 0. The van der Waals surface area contributed by atoms with Gasteiger partial charge in [-0.2, -0.15) is 0 Å². The van der Waals surface area contributed by atoms with Crippen LogP contribution in [0.1, 0.15) is 24.0 Å². The van der Waals surface area contributed by atoms with Crippen LogP contribution in [-0.2, 0) is 25.7 Å². The summed E-state index contributed by atoms with van der Waals surface area (Å²) < 4.78 is 4.50. The second-order valence-corrected chi connectivity index (χ2v) is 4.47. The predicted octanol–water partition coefficient (Wildman–Crippen LogP) is 1.52. The minimum atomic E-state index is -0.415. The molecule has 2 amide bonds. The zero-order chi connectivity index (χ0) is 14.5. The van der Waals surface area contributed by atoms with Crippen molar-refractivity contribution in [3.05, 3.63) is 41.5 Å². The highest BCUT2D eigenvalue weighted by molar-refractivity contribution is 6.01. The van der Waals surface area contributed by atoms with Crippen molar-refractivity contribution in [2.75, 3.05) is 7.11 Å². The zero-order valence-electron chi connectivity index (χ0n) is 11.2. The van der Waals surface area contributed by atoms with Crippen LogP contribution < -0.4 is 0 Å². The fourth-order valence-corrected chi connectivity index (χ4v) is 1.95. The molecule has 1 fully saturated rings. The summed E-state index contributed by atoms with van der Waals surface area (Å²) in [7, 11) is 1.32. The average molecular weight is 273 g/mol. The van der Waals surface area contributed by atoms with Crippen molar-refractivity contribution in [2.24, 2.45) is 0 Å². The first-order valence-corrected chi connectivity index (χ1v) is 6.28. The molecule has 0 aliphatic carbocycles. The summed E-state index contributed by atoms with van der Waals surface area (Å²) in [4.78, 5) is 35.3. The number of imide groups is 1. The maximum atomic E-state index is 11.5. The van der Waals surface area contributed by atoms with Crippen LogP contribution in [0.4, 0.5) is 0 Å². The molecule has 0 aromatic heterocycles. The number of benzene rings is 1. The number of likely N-dealkylation sites (tertiary alicyclic amines) is 1. The molecule has 0 N–H and O–H groups in total. The molecule has 5 nitrogen and oxygen atoms in total. The lowest BCUT2D eigenvalue weighted by Crippen LogP contribution is -2.28. The van der Waals surface area contributed by atoms with E-state index in [1.807, 2.05) is 24.3 Å². The maximum absolute atomic E-state index is 11.5. The Kier molecular flexibility index (Phi) is 4.30. The molecule has 5 heteroatoms. The number of esters is 1. The molecule has 20 heavy (non-hydrogen) atoms. The standard InChI is InChI=1S/C15H15NO4/c1-20-15(19)9-6-11-2-4-12(5-3-11)10-16-13(17)7-8-14(16)18/h2-6,9H,7-8,10H2,1H3/b9-6+. The molecule has 2 rings (SSSR count). The Balaban J connectivity index is 2.01. The van der Waals surface area contributed by atoms with E-state index in [1.165, 1.54) is 18.1 Å². The Morgan fingerprint density at radius 1 is 1.20 bits per heavy atom. The molecule has 0 saturated carbocycles. The highest BCUT2D eigenvalue weighted by Crippen LogP contribution is 2.16. The van der Waals surface area contributed by atoms with Crippen molar-refractivity contribution in [3.8, 4) is 0 Å². The summed E-state index contributed by atoms with van der Waals surface area (Å²) in [6, 6.07) is 7.30. The normalized spacial score (nSPS) is 15.2. The Bertz CT molecular complexity index is 544. The number of rotatable bonds is 4. The van der Waals surface area contributed by atoms with Crippen LogP contribution in [0.2, 0.25) is 0 Å². The fourth-order valence-electron chi connectivity index (χ4n) is 1.95. The number of methoxy groups -OCH3 is 1. The van der Waals surface area contributed by atoms with Crippen LogP contribution in [0.5, 0.6) is 0 Å². The third-order valence-corrected chi connectivity index (χ3v) is 3.09. The largest absolute Gasteiger partial charge is 0.466 e. The van der Waals surface area contributed by atoms with Crippen LogP contribution in [-0.4, -0.2) is 29.8 Å². The second kappa shape index (κ2) is 6.14. The lowest BCUT2D eigenvalue weighted by molar-refractivity contribution is -0.139. The lowest BCUT2D eigenvalue weighted by atomic mass is 10.1. The van der Waals surface area contributed by atoms with E-state index in [1.54, 1.807) is 6.08 Å². The van der Waals surface area contributed by atoms with Crippen molar-refractivity contribution in [1.29, 1.82) is 0 Å². The van der Waals surface area contributed by atoms with Crippen LogP contribution in [0, 0.1) is 0 Å².